The van der Waals surface area contributed by atoms with Gasteiger partial charge in [0.25, 0.3) is 0 Å². The summed E-state index contributed by atoms with van der Waals surface area (Å²) in [6, 6.07) is 0.411. The molecule has 0 aromatic rings. The Labute approximate surface area is 117 Å². The summed E-state index contributed by atoms with van der Waals surface area (Å²) in [6.07, 6.45) is 2.45. The van der Waals surface area contributed by atoms with Crippen LogP contribution in [0.25, 0.3) is 0 Å². The fourth-order valence-corrected chi connectivity index (χ4v) is 3.06. The number of nitrogens with two attached hydrogens (primary N) is 1. The molecule has 0 saturated heterocycles. The van der Waals surface area contributed by atoms with Crippen molar-refractivity contribution in [1.82, 2.24) is 4.90 Å². The Balaban J connectivity index is 2.69. The smallest absolute Gasteiger partial charge is 0.325 e. The Morgan fingerprint density at radius 2 is 1.84 bits per heavy atom. The fraction of sp³-hybridized carbons (Fsp3) is 0.933. The Kier molecular flexibility index (Phi) is 5.81. The highest BCUT2D eigenvalue weighted by molar-refractivity contribution is 5.81. The van der Waals surface area contributed by atoms with Crippen LogP contribution in [-0.2, 0) is 9.53 Å². The van der Waals surface area contributed by atoms with Crippen LogP contribution in [0.5, 0.6) is 0 Å². The third-order valence-electron chi connectivity index (χ3n) is 3.83. The van der Waals surface area contributed by atoms with Crippen LogP contribution < -0.4 is 5.73 Å². The van der Waals surface area contributed by atoms with Crippen LogP contribution in [0.1, 0.15) is 47.0 Å². The number of nitrogens with zero attached hydrogens (tertiary/aromatic N) is 1. The van der Waals surface area contributed by atoms with Gasteiger partial charge in [-0.2, -0.15) is 0 Å². The van der Waals surface area contributed by atoms with Crippen LogP contribution in [0.2, 0.25) is 0 Å². The first-order chi connectivity index (χ1) is 8.78. The number of ether oxygens (including phenoxy) is 1. The van der Waals surface area contributed by atoms with Gasteiger partial charge in [-0.1, -0.05) is 27.7 Å². The van der Waals surface area contributed by atoms with Gasteiger partial charge in [0.2, 0.25) is 0 Å². The summed E-state index contributed by atoms with van der Waals surface area (Å²) in [5.74, 6) is 0.998. The predicted octanol–water partition coefficient (Wildman–Crippen LogP) is 2.02. The molecular weight excluding hydrogens is 240 g/mol. The van der Waals surface area contributed by atoms with Gasteiger partial charge < -0.3 is 10.5 Å². The summed E-state index contributed by atoms with van der Waals surface area (Å²) >= 11 is 0. The van der Waals surface area contributed by atoms with Gasteiger partial charge in [0.05, 0.1) is 7.11 Å². The number of carbonyl (C=O) groups is 1. The van der Waals surface area contributed by atoms with Crippen molar-refractivity contribution in [3.05, 3.63) is 0 Å². The lowest BCUT2D eigenvalue weighted by Crippen LogP contribution is -2.48. The van der Waals surface area contributed by atoms with E-state index in [0.29, 0.717) is 17.9 Å². The van der Waals surface area contributed by atoms with Crippen LogP contribution in [0.4, 0.5) is 0 Å². The number of carbonyl (C=O) groups excluding carboxylic acids is 1. The summed E-state index contributed by atoms with van der Waals surface area (Å²) < 4.78 is 4.84. The van der Waals surface area contributed by atoms with Crippen LogP contribution in [-0.4, -0.2) is 42.6 Å². The van der Waals surface area contributed by atoms with Gasteiger partial charge >= 0.3 is 5.97 Å². The maximum absolute atomic E-state index is 11.8. The standard InChI is InChI=1S/C15H30N2O2/c1-11(2)9-17(10-12(3)4)13-6-7-15(16,8-13)14(18)19-5/h11-13H,6-10,16H2,1-5H3. The minimum absolute atomic E-state index is 0.260. The van der Waals surface area contributed by atoms with E-state index in [1.807, 2.05) is 0 Å². The van der Waals surface area contributed by atoms with E-state index in [-0.39, 0.29) is 5.97 Å². The van der Waals surface area contributed by atoms with E-state index in [1.165, 1.54) is 7.11 Å². The molecule has 0 aromatic carbocycles. The zero-order valence-electron chi connectivity index (χ0n) is 13.1. The molecule has 1 fully saturated rings. The average Bonchev–Trinajstić information content (AvgIpc) is 2.70. The van der Waals surface area contributed by atoms with E-state index in [9.17, 15) is 4.79 Å². The van der Waals surface area contributed by atoms with Gasteiger partial charge in [-0.15, -0.1) is 0 Å². The van der Waals surface area contributed by atoms with Gasteiger partial charge in [0.15, 0.2) is 0 Å². The van der Waals surface area contributed by atoms with Crippen molar-refractivity contribution in [1.29, 1.82) is 0 Å². The molecule has 0 spiro atoms. The first-order valence-electron chi connectivity index (χ1n) is 7.40. The molecule has 0 aliphatic heterocycles. The third-order valence-corrected chi connectivity index (χ3v) is 3.83. The zero-order chi connectivity index (χ0) is 14.6. The third kappa shape index (κ3) is 4.46. The number of hydrogen-bond acceptors (Lipinski definition) is 4. The molecule has 0 amide bonds. The number of hydrogen-bond donors (Lipinski definition) is 1. The van der Waals surface area contributed by atoms with Gasteiger partial charge in [0, 0.05) is 19.1 Å². The highest BCUT2D eigenvalue weighted by atomic mass is 16.5. The van der Waals surface area contributed by atoms with Crippen LogP contribution >= 0.6 is 0 Å². The fourth-order valence-electron chi connectivity index (χ4n) is 3.06. The first-order valence-corrected chi connectivity index (χ1v) is 7.40. The maximum Gasteiger partial charge on any atom is 0.325 e. The van der Waals surface area contributed by atoms with Crippen molar-refractivity contribution in [2.45, 2.75) is 58.5 Å². The summed E-state index contributed by atoms with van der Waals surface area (Å²) in [5, 5.41) is 0. The number of esters is 1. The highest BCUT2D eigenvalue weighted by Gasteiger charge is 2.44. The molecule has 0 aromatic heterocycles. The van der Waals surface area contributed by atoms with Gasteiger partial charge in [-0.3, -0.25) is 9.69 Å². The van der Waals surface area contributed by atoms with Gasteiger partial charge in [-0.05, 0) is 31.1 Å². The van der Waals surface area contributed by atoms with E-state index in [1.54, 1.807) is 0 Å². The lowest BCUT2D eigenvalue weighted by Gasteiger charge is -2.32. The second-order valence-electron chi connectivity index (χ2n) is 6.79. The molecule has 2 unspecified atom stereocenters. The second kappa shape index (κ2) is 6.71. The minimum Gasteiger partial charge on any atom is -0.468 e. The van der Waals surface area contributed by atoms with Crippen molar-refractivity contribution >= 4 is 5.97 Å². The average molecular weight is 270 g/mol. The lowest BCUT2D eigenvalue weighted by molar-refractivity contribution is -0.147. The molecule has 112 valence electrons. The molecule has 2 N–H and O–H groups in total. The topological polar surface area (TPSA) is 55.6 Å². The summed E-state index contributed by atoms with van der Waals surface area (Å²) in [6.45, 7) is 11.1. The molecule has 0 heterocycles. The van der Waals surface area contributed by atoms with E-state index in [0.717, 1.165) is 32.4 Å². The molecule has 2 atom stereocenters. The van der Waals surface area contributed by atoms with E-state index in [4.69, 9.17) is 10.5 Å². The van der Waals surface area contributed by atoms with Crippen molar-refractivity contribution in [2.75, 3.05) is 20.2 Å². The van der Waals surface area contributed by atoms with Crippen molar-refractivity contribution in [3.63, 3.8) is 0 Å². The SMILES string of the molecule is COC(=O)C1(N)CCC(N(CC(C)C)CC(C)C)C1. The van der Waals surface area contributed by atoms with Crippen molar-refractivity contribution < 1.29 is 9.53 Å². The van der Waals surface area contributed by atoms with Gasteiger partial charge in [-0.25, -0.2) is 0 Å². The summed E-state index contributed by atoms with van der Waals surface area (Å²) in [5.41, 5.74) is 5.43. The van der Waals surface area contributed by atoms with Crippen molar-refractivity contribution in [3.8, 4) is 0 Å². The molecule has 4 nitrogen and oxygen atoms in total. The van der Waals surface area contributed by atoms with Crippen LogP contribution in [0.3, 0.4) is 0 Å². The molecule has 0 radical (unpaired) electrons. The monoisotopic (exact) mass is 270 g/mol. The Bertz CT molecular complexity index is 295. The predicted molar refractivity (Wildman–Crippen MR) is 77.8 cm³/mol. The molecule has 1 aliphatic carbocycles. The molecule has 0 bridgehead atoms. The highest BCUT2D eigenvalue weighted by Crippen LogP contribution is 2.33. The maximum atomic E-state index is 11.8. The Hall–Kier alpha value is -0.610. The van der Waals surface area contributed by atoms with E-state index >= 15 is 0 Å². The first kappa shape index (κ1) is 16.4. The summed E-state index contributed by atoms with van der Waals surface area (Å²) in [4.78, 5) is 14.3. The molecular formula is C15H30N2O2. The van der Waals surface area contributed by atoms with Crippen LogP contribution in [0, 0.1) is 11.8 Å². The number of methoxy groups -OCH3 is 1. The summed E-state index contributed by atoms with van der Waals surface area (Å²) in [7, 11) is 1.42. The normalized spacial score (nSPS) is 27.5. The zero-order valence-corrected chi connectivity index (χ0v) is 13.1. The van der Waals surface area contributed by atoms with E-state index < -0.39 is 5.54 Å². The Morgan fingerprint density at radius 3 is 2.26 bits per heavy atom. The Morgan fingerprint density at radius 1 is 1.32 bits per heavy atom. The molecule has 1 rings (SSSR count). The largest absolute Gasteiger partial charge is 0.468 e. The van der Waals surface area contributed by atoms with E-state index in [2.05, 4.69) is 32.6 Å². The van der Waals surface area contributed by atoms with Crippen molar-refractivity contribution in [2.24, 2.45) is 17.6 Å². The van der Waals surface area contributed by atoms with Gasteiger partial charge in [0.1, 0.15) is 5.54 Å². The van der Waals surface area contributed by atoms with Crippen LogP contribution in [0.15, 0.2) is 0 Å². The second-order valence-corrected chi connectivity index (χ2v) is 6.79. The quantitative estimate of drug-likeness (QED) is 0.750. The molecule has 19 heavy (non-hydrogen) atoms. The minimum atomic E-state index is -0.772. The molecule has 1 saturated carbocycles. The molecule has 1 aliphatic rings. The molecule has 4 heteroatoms. The lowest BCUT2D eigenvalue weighted by atomic mass is 9.98. The number of rotatable bonds is 6.